The lowest BCUT2D eigenvalue weighted by Crippen LogP contribution is -2.22. The number of benzene rings is 1. The lowest BCUT2D eigenvalue weighted by Gasteiger charge is -2.17. The van der Waals surface area contributed by atoms with Crippen molar-refractivity contribution in [2.75, 3.05) is 6.61 Å². The van der Waals surface area contributed by atoms with Crippen LogP contribution in [0.1, 0.15) is 51.7 Å². The van der Waals surface area contributed by atoms with Crippen LogP contribution in [0.3, 0.4) is 0 Å². The maximum absolute atomic E-state index is 6.04. The molecule has 0 aliphatic rings. The van der Waals surface area contributed by atoms with Crippen LogP contribution in [0.2, 0.25) is 0 Å². The van der Waals surface area contributed by atoms with Crippen molar-refractivity contribution in [3.8, 4) is 5.75 Å². The molecule has 0 aliphatic heterocycles. The molecule has 0 radical (unpaired) electrons. The summed E-state index contributed by atoms with van der Waals surface area (Å²) in [6.07, 6.45) is 2.33. The number of hydrogen-bond acceptors (Lipinski definition) is 2. The molecule has 1 aromatic carbocycles. The van der Waals surface area contributed by atoms with Gasteiger partial charge < -0.3 is 10.1 Å². The minimum atomic E-state index is 0.475. The minimum absolute atomic E-state index is 0.475. The Balaban J connectivity index is 2.71. The Morgan fingerprint density at radius 1 is 1.20 bits per heavy atom. The van der Waals surface area contributed by atoms with E-state index >= 15 is 0 Å². The molecule has 20 heavy (non-hydrogen) atoms. The summed E-state index contributed by atoms with van der Waals surface area (Å²) in [6, 6.07) is 4.75. The Hall–Kier alpha value is -0.540. The minimum Gasteiger partial charge on any atom is -0.493 e. The predicted octanol–water partition coefficient (Wildman–Crippen LogP) is 5.07. The van der Waals surface area contributed by atoms with Crippen LogP contribution in [0.15, 0.2) is 16.6 Å². The summed E-state index contributed by atoms with van der Waals surface area (Å²) >= 11 is 3.57. The molecular weight excluding hydrogens is 314 g/mol. The number of aryl methyl sites for hydroxylation is 1. The highest BCUT2D eigenvalue weighted by molar-refractivity contribution is 9.10. The van der Waals surface area contributed by atoms with Gasteiger partial charge in [-0.3, -0.25) is 0 Å². The van der Waals surface area contributed by atoms with Gasteiger partial charge in [-0.1, -0.05) is 43.6 Å². The van der Waals surface area contributed by atoms with Gasteiger partial charge in [0.15, 0.2) is 0 Å². The zero-order chi connectivity index (χ0) is 15.1. The molecular formula is C17H28BrNO. The first-order chi connectivity index (χ1) is 9.40. The molecule has 0 fully saturated rings. The van der Waals surface area contributed by atoms with Gasteiger partial charge in [-0.15, -0.1) is 0 Å². The van der Waals surface area contributed by atoms with Crippen LogP contribution in [0, 0.1) is 12.8 Å². The molecule has 2 nitrogen and oxygen atoms in total. The van der Waals surface area contributed by atoms with Gasteiger partial charge in [-0.05, 0) is 43.4 Å². The third-order valence-electron chi connectivity index (χ3n) is 3.19. The Labute approximate surface area is 132 Å². The summed E-state index contributed by atoms with van der Waals surface area (Å²) in [5.41, 5.74) is 2.43. The van der Waals surface area contributed by atoms with Crippen molar-refractivity contribution in [1.82, 2.24) is 5.32 Å². The first-order valence-electron chi connectivity index (χ1n) is 7.55. The number of hydrogen-bond donors (Lipinski definition) is 1. The van der Waals surface area contributed by atoms with Crippen LogP contribution in [0.4, 0.5) is 0 Å². The molecule has 1 rings (SSSR count). The molecule has 0 bridgehead atoms. The fraction of sp³-hybridized carbons (Fsp3) is 0.647. The van der Waals surface area contributed by atoms with Crippen LogP contribution < -0.4 is 10.1 Å². The molecule has 0 spiro atoms. The summed E-state index contributed by atoms with van der Waals surface area (Å²) in [6.45, 7) is 12.6. The summed E-state index contributed by atoms with van der Waals surface area (Å²) in [5.74, 6) is 1.79. The fourth-order valence-electron chi connectivity index (χ4n) is 2.12. The molecule has 0 amide bonds. The monoisotopic (exact) mass is 341 g/mol. The first-order valence-corrected chi connectivity index (χ1v) is 8.34. The maximum Gasteiger partial charge on any atom is 0.126 e. The van der Waals surface area contributed by atoms with Crippen LogP contribution in [0.5, 0.6) is 5.75 Å². The molecule has 0 saturated carbocycles. The first kappa shape index (κ1) is 17.5. The molecule has 0 heterocycles. The van der Waals surface area contributed by atoms with E-state index < -0.39 is 0 Å². The Bertz CT molecular complexity index is 416. The average Bonchev–Trinajstić information content (AvgIpc) is 2.33. The maximum atomic E-state index is 6.04. The zero-order valence-corrected chi connectivity index (χ0v) is 15.0. The summed E-state index contributed by atoms with van der Waals surface area (Å²) in [4.78, 5) is 0. The van der Waals surface area contributed by atoms with Gasteiger partial charge in [0, 0.05) is 22.6 Å². The van der Waals surface area contributed by atoms with Crippen molar-refractivity contribution in [2.45, 2.75) is 60.0 Å². The SMILES string of the molecule is Cc1cc(Br)cc(CNC(C)C)c1OCCCC(C)C. The van der Waals surface area contributed by atoms with Gasteiger partial charge in [0.25, 0.3) is 0 Å². The van der Waals surface area contributed by atoms with Gasteiger partial charge >= 0.3 is 0 Å². The number of ether oxygens (including phenoxy) is 1. The van der Waals surface area contributed by atoms with E-state index in [2.05, 4.69) is 68.0 Å². The van der Waals surface area contributed by atoms with Gasteiger partial charge in [-0.25, -0.2) is 0 Å². The zero-order valence-electron chi connectivity index (χ0n) is 13.4. The quantitative estimate of drug-likeness (QED) is 0.666. The number of halogens is 1. The lowest BCUT2D eigenvalue weighted by atomic mass is 10.1. The van der Waals surface area contributed by atoms with E-state index in [9.17, 15) is 0 Å². The Morgan fingerprint density at radius 2 is 1.90 bits per heavy atom. The summed E-state index contributed by atoms with van der Waals surface area (Å²) in [5, 5.41) is 3.46. The smallest absolute Gasteiger partial charge is 0.126 e. The average molecular weight is 342 g/mol. The van der Waals surface area contributed by atoms with Crippen LogP contribution in [-0.2, 0) is 6.54 Å². The van der Waals surface area contributed by atoms with Crippen LogP contribution >= 0.6 is 15.9 Å². The third kappa shape index (κ3) is 6.27. The highest BCUT2D eigenvalue weighted by atomic mass is 79.9. The number of rotatable bonds is 8. The summed E-state index contributed by atoms with van der Waals surface area (Å²) in [7, 11) is 0. The van der Waals surface area contributed by atoms with E-state index in [0.29, 0.717) is 6.04 Å². The van der Waals surface area contributed by atoms with Gasteiger partial charge in [0.2, 0.25) is 0 Å². The van der Waals surface area contributed by atoms with Gasteiger partial charge in [0.05, 0.1) is 6.61 Å². The van der Waals surface area contributed by atoms with Crippen molar-refractivity contribution in [2.24, 2.45) is 5.92 Å². The largest absolute Gasteiger partial charge is 0.493 e. The fourth-order valence-corrected chi connectivity index (χ4v) is 2.74. The van der Waals surface area contributed by atoms with Crippen molar-refractivity contribution in [3.05, 3.63) is 27.7 Å². The molecule has 3 heteroatoms. The van der Waals surface area contributed by atoms with Gasteiger partial charge in [-0.2, -0.15) is 0 Å². The second kappa shape index (κ2) is 8.68. The second-order valence-corrected chi connectivity index (χ2v) is 7.05. The van der Waals surface area contributed by atoms with E-state index in [-0.39, 0.29) is 0 Å². The van der Waals surface area contributed by atoms with E-state index in [4.69, 9.17) is 4.74 Å². The topological polar surface area (TPSA) is 21.3 Å². The van der Waals surface area contributed by atoms with E-state index in [1.807, 2.05) is 0 Å². The second-order valence-electron chi connectivity index (χ2n) is 6.13. The molecule has 0 atom stereocenters. The van der Waals surface area contributed by atoms with Crippen molar-refractivity contribution in [1.29, 1.82) is 0 Å². The predicted molar refractivity (Wildman–Crippen MR) is 90.4 cm³/mol. The third-order valence-corrected chi connectivity index (χ3v) is 3.65. The van der Waals surface area contributed by atoms with E-state index in [0.717, 1.165) is 35.7 Å². The molecule has 0 aliphatic carbocycles. The van der Waals surface area contributed by atoms with Gasteiger partial charge in [0.1, 0.15) is 5.75 Å². The highest BCUT2D eigenvalue weighted by Crippen LogP contribution is 2.28. The Kier molecular flexibility index (Phi) is 7.60. The van der Waals surface area contributed by atoms with E-state index in [1.165, 1.54) is 17.5 Å². The normalized spacial score (nSPS) is 11.4. The van der Waals surface area contributed by atoms with Crippen LogP contribution in [0.25, 0.3) is 0 Å². The molecule has 114 valence electrons. The highest BCUT2D eigenvalue weighted by Gasteiger charge is 2.10. The molecule has 0 aromatic heterocycles. The lowest BCUT2D eigenvalue weighted by molar-refractivity contribution is 0.292. The van der Waals surface area contributed by atoms with Crippen LogP contribution in [-0.4, -0.2) is 12.6 Å². The van der Waals surface area contributed by atoms with E-state index in [1.54, 1.807) is 0 Å². The molecule has 0 unspecified atom stereocenters. The molecule has 0 saturated heterocycles. The standard InChI is InChI=1S/C17H28BrNO/c1-12(2)7-6-8-20-17-14(5)9-16(18)10-15(17)11-19-13(3)4/h9-10,12-13,19H,6-8,11H2,1-5H3. The number of nitrogens with one attached hydrogen (secondary N) is 1. The molecule has 1 aromatic rings. The molecule has 1 N–H and O–H groups in total. The Morgan fingerprint density at radius 3 is 2.50 bits per heavy atom. The summed E-state index contributed by atoms with van der Waals surface area (Å²) < 4.78 is 7.16. The van der Waals surface area contributed by atoms with Crippen molar-refractivity contribution >= 4 is 15.9 Å². The van der Waals surface area contributed by atoms with Crippen molar-refractivity contribution in [3.63, 3.8) is 0 Å². The van der Waals surface area contributed by atoms with Crippen molar-refractivity contribution < 1.29 is 4.74 Å².